The minimum atomic E-state index is -0.487. The molecule has 0 aliphatic rings. The van der Waals surface area contributed by atoms with Crippen LogP contribution < -0.4 is 5.43 Å². The lowest BCUT2D eigenvalue weighted by Gasteiger charge is -2.18. The number of pyridine rings is 1. The van der Waals surface area contributed by atoms with Crippen molar-refractivity contribution in [1.29, 1.82) is 0 Å². The van der Waals surface area contributed by atoms with Crippen LogP contribution in [0.5, 0.6) is 0 Å². The van der Waals surface area contributed by atoms with Gasteiger partial charge in [-0.2, -0.15) is 0 Å². The van der Waals surface area contributed by atoms with Crippen LogP contribution in [0.1, 0.15) is 25.6 Å². The normalized spacial score (nSPS) is 12.4. The number of fused-ring (bicyclic) bond motifs is 1. The Balaban J connectivity index is 2.69. The fraction of sp³-hybridized carbons (Fsp3) is 0.286. The number of carbonyl (C=O) groups is 1. The third kappa shape index (κ3) is 2.49. The average molecular weight is 280 g/mol. The van der Waals surface area contributed by atoms with E-state index in [-0.39, 0.29) is 11.4 Å². The Morgan fingerprint density at radius 3 is 2.74 bits per heavy atom. The van der Waals surface area contributed by atoms with Crippen LogP contribution in [0.25, 0.3) is 10.9 Å². The van der Waals surface area contributed by atoms with Gasteiger partial charge in [-0.25, -0.2) is 0 Å². The van der Waals surface area contributed by atoms with E-state index in [2.05, 4.69) is 0 Å². The number of hydrogen-bond donors (Lipinski definition) is 0. The van der Waals surface area contributed by atoms with Crippen molar-refractivity contribution in [2.24, 2.45) is 7.05 Å². The largest absolute Gasteiger partial charge is 0.456 e. The molecule has 100 valence electrons. The van der Waals surface area contributed by atoms with Crippen LogP contribution in [-0.2, 0) is 16.6 Å². The van der Waals surface area contributed by atoms with E-state index < -0.39 is 6.10 Å². The number of aromatic nitrogens is 1. The van der Waals surface area contributed by atoms with Crippen LogP contribution >= 0.6 is 11.6 Å². The van der Waals surface area contributed by atoms with E-state index in [0.717, 1.165) is 0 Å². The van der Waals surface area contributed by atoms with Gasteiger partial charge in [0, 0.05) is 20.0 Å². The predicted molar refractivity (Wildman–Crippen MR) is 74.4 cm³/mol. The van der Waals surface area contributed by atoms with E-state index in [4.69, 9.17) is 16.3 Å². The molecular weight excluding hydrogens is 266 g/mol. The summed E-state index contributed by atoms with van der Waals surface area (Å²) in [6, 6.07) is 6.74. The van der Waals surface area contributed by atoms with Gasteiger partial charge < -0.3 is 9.30 Å². The van der Waals surface area contributed by atoms with Gasteiger partial charge in [0.15, 0.2) is 5.43 Å². The van der Waals surface area contributed by atoms with Crippen LogP contribution in [0.4, 0.5) is 0 Å². The first-order chi connectivity index (χ1) is 8.91. The van der Waals surface area contributed by atoms with Gasteiger partial charge in [-0.1, -0.05) is 17.7 Å². The number of halogens is 1. The molecule has 0 unspecified atom stereocenters. The molecule has 0 spiro atoms. The van der Waals surface area contributed by atoms with Crippen LogP contribution in [0.15, 0.2) is 29.1 Å². The van der Waals surface area contributed by atoms with Crippen molar-refractivity contribution in [2.45, 2.75) is 20.0 Å². The van der Waals surface area contributed by atoms with Crippen molar-refractivity contribution in [3.05, 3.63) is 45.2 Å². The first kappa shape index (κ1) is 13.6. The number of rotatable bonds is 2. The number of nitrogens with zero attached hydrogens (tertiary/aromatic N) is 1. The summed E-state index contributed by atoms with van der Waals surface area (Å²) >= 11 is 6.05. The zero-order valence-electron chi connectivity index (χ0n) is 10.9. The van der Waals surface area contributed by atoms with Crippen molar-refractivity contribution in [1.82, 2.24) is 4.57 Å². The number of aryl methyl sites for hydroxylation is 1. The summed E-state index contributed by atoms with van der Waals surface area (Å²) in [7, 11) is 1.81. The number of esters is 1. The summed E-state index contributed by atoms with van der Waals surface area (Å²) in [5.74, 6) is -0.383. The maximum absolute atomic E-state index is 12.1. The third-order valence-electron chi connectivity index (χ3n) is 3.02. The first-order valence-corrected chi connectivity index (χ1v) is 6.25. The molecule has 2 aromatic rings. The molecule has 19 heavy (non-hydrogen) atoms. The summed E-state index contributed by atoms with van der Waals surface area (Å²) in [4.78, 5) is 23.1. The Labute approximate surface area is 115 Å². The minimum Gasteiger partial charge on any atom is -0.456 e. The number of hydrogen-bond acceptors (Lipinski definition) is 3. The topological polar surface area (TPSA) is 48.3 Å². The summed E-state index contributed by atoms with van der Waals surface area (Å²) < 4.78 is 6.94. The van der Waals surface area contributed by atoms with E-state index in [1.165, 1.54) is 13.0 Å². The molecule has 1 aromatic heterocycles. The van der Waals surface area contributed by atoms with E-state index in [0.29, 0.717) is 21.6 Å². The lowest BCUT2D eigenvalue weighted by atomic mass is 10.1. The van der Waals surface area contributed by atoms with Crippen LogP contribution in [0, 0.1) is 0 Å². The van der Waals surface area contributed by atoms with Gasteiger partial charge in [0.05, 0.1) is 21.6 Å². The van der Waals surface area contributed by atoms with Crippen molar-refractivity contribution in [3.63, 3.8) is 0 Å². The molecule has 0 amide bonds. The van der Waals surface area contributed by atoms with Gasteiger partial charge in [0.1, 0.15) is 6.10 Å². The molecule has 1 heterocycles. The Morgan fingerprint density at radius 2 is 2.11 bits per heavy atom. The maximum Gasteiger partial charge on any atom is 0.303 e. The number of carbonyl (C=O) groups excluding carboxylic acids is 1. The van der Waals surface area contributed by atoms with Gasteiger partial charge in [0.2, 0.25) is 0 Å². The minimum absolute atomic E-state index is 0.173. The second kappa shape index (κ2) is 5.05. The average Bonchev–Trinajstić information content (AvgIpc) is 2.32. The van der Waals surface area contributed by atoms with E-state index in [1.54, 1.807) is 19.1 Å². The zero-order chi connectivity index (χ0) is 14.2. The second-order valence-corrected chi connectivity index (χ2v) is 4.79. The standard InChI is InChI=1S/C14H14ClNO3/c1-8(19-9(2)17)12-7-13(18)14-10(15)5-4-6-11(14)16(12)3/h4-8H,1-3H3/t8-/m1/s1. The molecule has 0 fully saturated rings. The van der Waals surface area contributed by atoms with E-state index in [9.17, 15) is 9.59 Å². The van der Waals surface area contributed by atoms with Crippen LogP contribution in [-0.4, -0.2) is 10.5 Å². The SMILES string of the molecule is CC(=O)O[C@H](C)c1cc(=O)c2c(Cl)cccc2n1C. The van der Waals surface area contributed by atoms with Gasteiger partial charge in [0.25, 0.3) is 0 Å². The molecule has 0 bridgehead atoms. The monoisotopic (exact) mass is 279 g/mol. The Morgan fingerprint density at radius 1 is 1.42 bits per heavy atom. The lowest BCUT2D eigenvalue weighted by molar-refractivity contribution is -0.146. The molecule has 1 aromatic carbocycles. The molecule has 0 N–H and O–H groups in total. The van der Waals surface area contributed by atoms with Gasteiger partial charge in [-0.3, -0.25) is 9.59 Å². The molecule has 0 radical (unpaired) electrons. The highest BCUT2D eigenvalue weighted by atomic mass is 35.5. The Hall–Kier alpha value is -1.81. The molecule has 2 rings (SSSR count). The van der Waals surface area contributed by atoms with Crippen LogP contribution in [0.3, 0.4) is 0 Å². The predicted octanol–water partition coefficient (Wildman–Crippen LogP) is 2.82. The molecule has 4 nitrogen and oxygen atoms in total. The fourth-order valence-corrected chi connectivity index (χ4v) is 2.44. The van der Waals surface area contributed by atoms with Crippen LogP contribution in [0.2, 0.25) is 5.02 Å². The van der Waals surface area contributed by atoms with Gasteiger partial charge in [-0.15, -0.1) is 0 Å². The third-order valence-corrected chi connectivity index (χ3v) is 3.34. The highest BCUT2D eigenvalue weighted by Gasteiger charge is 2.15. The summed E-state index contributed by atoms with van der Waals surface area (Å²) in [6.07, 6.45) is -0.487. The Kier molecular flexibility index (Phi) is 3.62. The fourth-order valence-electron chi connectivity index (χ4n) is 2.18. The molecule has 0 aliphatic heterocycles. The second-order valence-electron chi connectivity index (χ2n) is 4.38. The number of ether oxygens (including phenoxy) is 1. The smallest absolute Gasteiger partial charge is 0.303 e. The maximum atomic E-state index is 12.1. The number of benzene rings is 1. The van der Waals surface area contributed by atoms with Crippen molar-refractivity contribution < 1.29 is 9.53 Å². The lowest BCUT2D eigenvalue weighted by Crippen LogP contribution is -2.16. The van der Waals surface area contributed by atoms with Gasteiger partial charge >= 0.3 is 5.97 Å². The Bertz CT molecular complexity index is 706. The van der Waals surface area contributed by atoms with E-state index in [1.807, 2.05) is 17.7 Å². The summed E-state index contributed by atoms with van der Waals surface area (Å²) in [6.45, 7) is 3.07. The highest BCUT2D eigenvalue weighted by molar-refractivity contribution is 6.35. The highest BCUT2D eigenvalue weighted by Crippen LogP contribution is 2.23. The zero-order valence-corrected chi connectivity index (χ0v) is 11.7. The van der Waals surface area contributed by atoms with Crippen molar-refractivity contribution in [3.8, 4) is 0 Å². The molecular formula is C14H14ClNO3. The summed E-state index contributed by atoms with van der Waals surface area (Å²) in [5.41, 5.74) is 1.18. The van der Waals surface area contributed by atoms with Gasteiger partial charge in [-0.05, 0) is 19.1 Å². The molecule has 1 atom stereocenters. The molecule has 0 aliphatic carbocycles. The van der Waals surface area contributed by atoms with Crippen molar-refractivity contribution >= 4 is 28.5 Å². The first-order valence-electron chi connectivity index (χ1n) is 5.87. The molecule has 0 saturated carbocycles. The van der Waals surface area contributed by atoms with E-state index >= 15 is 0 Å². The molecule has 5 heteroatoms. The quantitative estimate of drug-likeness (QED) is 0.794. The molecule has 0 saturated heterocycles. The van der Waals surface area contributed by atoms with Crippen molar-refractivity contribution in [2.75, 3.05) is 0 Å². The summed E-state index contributed by atoms with van der Waals surface area (Å²) in [5, 5.41) is 0.898.